The lowest BCUT2D eigenvalue weighted by molar-refractivity contribution is 0.102. The number of carbonyl (C=O) groups is 1. The molecule has 3 aromatic heterocycles. The molecule has 0 radical (unpaired) electrons. The van der Waals surface area contributed by atoms with E-state index in [1.54, 1.807) is 18.6 Å². The number of rotatable bonds is 5. The number of aromatic amines is 1. The highest BCUT2D eigenvalue weighted by Gasteiger charge is 2.24. The number of amides is 1. The lowest BCUT2D eigenvalue weighted by Crippen LogP contribution is -2.29. The molecule has 7 nitrogen and oxygen atoms in total. The van der Waals surface area contributed by atoms with Crippen LogP contribution in [-0.4, -0.2) is 43.8 Å². The summed E-state index contributed by atoms with van der Waals surface area (Å²) in [6.07, 6.45) is 11.7. The molecule has 1 amide bonds. The summed E-state index contributed by atoms with van der Waals surface area (Å²) in [7, 11) is 0. The Morgan fingerprint density at radius 3 is 2.64 bits per heavy atom. The predicted octanol–water partition coefficient (Wildman–Crippen LogP) is 4.99. The van der Waals surface area contributed by atoms with Crippen LogP contribution in [0, 0.1) is 0 Å². The number of piperidine rings is 1. The Hall–Kier alpha value is -4.00. The normalized spacial score (nSPS) is 14.8. The molecule has 0 unspecified atom stereocenters. The number of carbonyl (C=O) groups excluding carboxylic acids is 1. The van der Waals surface area contributed by atoms with Crippen molar-refractivity contribution in [3.8, 4) is 11.1 Å². The third kappa shape index (κ3) is 4.35. The van der Waals surface area contributed by atoms with Crippen molar-refractivity contribution >= 4 is 22.8 Å². The van der Waals surface area contributed by atoms with Gasteiger partial charge in [-0.25, -0.2) is 15.0 Å². The smallest absolute Gasteiger partial charge is 0.256 e. The molecule has 4 aromatic rings. The van der Waals surface area contributed by atoms with Crippen LogP contribution in [-0.2, 0) is 0 Å². The van der Waals surface area contributed by atoms with Gasteiger partial charge in [-0.05, 0) is 55.8 Å². The number of aromatic nitrogens is 4. The van der Waals surface area contributed by atoms with Crippen molar-refractivity contribution in [2.24, 2.45) is 0 Å². The number of benzene rings is 1. The number of fused-ring (bicyclic) bond motifs is 1. The van der Waals surface area contributed by atoms with E-state index in [9.17, 15) is 4.79 Å². The van der Waals surface area contributed by atoms with Gasteiger partial charge in [0.15, 0.2) is 0 Å². The molecule has 1 aromatic carbocycles. The van der Waals surface area contributed by atoms with Crippen molar-refractivity contribution in [1.29, 1.82) is 0 Å². The molecule has 0 bridgehead atoms. The number of allylic oxidation sites excluding steroid dienone is 1. The minimum atomic E-state index is -0.184. The van der Waals surface area contributed by atoms with Crippen LogP contribution in [0.25, 0.3) is 22.2 Å². The summed E-state index contributed by atoms with van der Waals surface area (Å²) in [5, 5.41) is 3.90. The summed E-state index contributed by atoms with van der Waals surface area (Å²) in [5.41, 5.74) is 4.62. The summed E-state index contributed by atoms with van der Waals surface area (Å²) in [6.45, 7) is 4.11. The van der Waals surface area contributed by atoms with Crippen LogP contribution < -0.4 is 5.32 Å². The topological polar surface area (TPSA) is 86.8 Å². The number of nitrogens with one attached hydrogen (secondary N) is 2. The van der Waals surface area contributed by atoms with Crippen LogP contribution in [0.1, 0.15) is 41.7 Å². The molecular formula is C26H26N6O. The van der Waals surface area contributed by atoms with Gasteiger partial charge in [0.1, 0.15) is 17.8 Å². The first-order valence-electron chi connectivity index (χ1n) is 11.2. The quantitative estimate of drug-likeness (QED) is 0.459. The Morgan fingerprint density at radius 2 is 1.91 bits per heavy atom. The van der Waals surface area contributed by atoms with E-state index < -0.39 is 0 Å². The fraction of sp³-hybridized carbons (Fsp3) is 0.231. The van der Waals surface area contributed by atoms with Gasteiger partial charge in [0.25, 0.3) is 5.91 Å². The molecule has 5 rings (SSSR count). The number of anilines is 1. The maximum atomic E-state index is 12.6. The molecular weight excluding hydrogens is 412 g/mol. The fourth-order valence-corrected chi connectivity index (χ4v) is 4.48. The molecule has 1 aliphatic heterocycles. The molecule has 1 fully saturated rings. The Balaban J connectivity index is 1.40. The number of pyridine rings is 1. The van der Waals surface area contributed by atoms with Crippen molar-refractivity contribution in [1.82, 2.24) is 24.8 Å². The molecule has 1 saturated heterocycles. The van der Waals surface area contributed by atoms with Gasteiger partial charge in [-0.2, -0.15) is 0 Å². The van der Waals surface area contributed by atoms with Gasteiger partial charge >= 0.3 is 0 Å². The van der Waals surface area contributed by atoms with E-state index in [2.05, 4.69) is 44.4 Å². The zero-order chi connectivity index (χ0) is 22.6. The van der Waals surface area contributed by atoms with Crippen LogP contribution in [0.3, 0.4) is 0 Å². The van der Waals surface area contributed by atoms with Gasteiger partial charge in [0.2, 0.25) is 0 Å². The Labute approximate surface area is 192 Å². The van der Waals surface area contributed by atoms with Crippen LogP contribution in [0.5, 0.6) is 0 Å². The first kappa shape index (κ1) is 20.9. The van der Waals surface area contributed by atoms with Gasteiger partial charge in [-0.1, -0.05) is 24.3 Å². The van der Waals surface area contributed by atoms with Crippen LogP contribution in [0.4, 0.5) is 5.82 Å². The Kier molecular flexibility index (Phi) is 5.85. The van der Waals surface area contributed by atoms with Crippen molar-refractivity contribution in [3.05, 3.63) is 84.7 Å². The zero-order valence-electron chi connectivity index (χ0n) is 18.5. The number of hydrogen-bond acceptors (Lipinski definition) is 5. The Bertz CT molecular complexity index is 1270. The molecule has 33 heavy (non-hydrogen) atoms. The fourth-order valence-electron chi connectivity index (χ4n) is 4.48. The summed E-state index contributed by atoms with van der Waals surface area (Å²) in [4.78, 5) is 31.6. The largest absolute Gasteiger partial charge is 0.378 e. The lowest BCUT2D eigenvalue weighted by atomic mass is 9.90. The standard InChI is InChI=1S/C26H26N6O/c1-2-13-32-14-10-19(11-15-32)24-23-21(16-28-25(23)30-17-29-24)18-6-8-20(9-7-18)26(33)31-22-5-3-4-12-27-22/h2-9,12-13,16-17,19H,10-11,14-15H2,1H3,(H,27,31,33)(H,28,29,30). The Morgan fingerprint density at radius 1 is 1.09 bits per heavy atom. The first-order chi connectivity index (χ1) is 16.2. The summed E-state index contributed by atoms with van der Waals surface area (Å²) < 4.78 is 0. The molecule has 166 valence electrons. The van der Waals surface area contributed by atoms with E-state index in [-0.39, 0.29) is 5.91 Å². The average molecular weight is 439 g/mol. The maximum Gasteiger partial charge on any atom is 0.256 e. The minimum Gasteiger partial charge on any atom is -0.378 e. The number of H-pyrrole nitrogens is 1. The van der Waals surface area contributed by atoms with Gasteiger partial charge in [0, 0.05) is 47.9 Å². The lowest BCUT2D eigenvalue weighted by Gasteiger charge is -2.31. The molecule has 7 heteroatoms. The molecule has 0 aliphatic carbocycles. The molecule has 1 aliphatic rings. The monoisotopic (exact) mass is 438 g/mol. The summed E-state index contributed by atoms with van der Waals surface area (Å²) >= 11 is 0. The van der Waals surface area contributed by atoms with Gasteiger partial charge in [0.05, 0.1) is 5.69 Å². The van der Waals surface area contributed by atoms with Crippen molar-refractivity contribution < 1.29 is 4.79 Å². The SMILES string of the molecule is CC=CN1CCC(c2ncnc3[nH]cc(-c4ccc(C(=O)Nc5ccccn5)cc4)c23)CC1. The van der Waals surface area contributed by atoms with Crippen molar-refractivity contribution in [2.45, 2.75) is 25.7 Å². The third-order valence-electron chi connectivity index (χ3n) is 6.14. The van der Waals surface area contributed by atoms with Crippen LogP contribution >= 0.6 is 0 Å². The maximum absolute atomic E-state index is 12.6. The molecule has 0 saturated carbocycles. The molecule has 4 heterocycles. The summed E-state index contributed by atoms with van der Waals surface area (Å²) in [5.74, 6) is 0.747. The van der Waals surface area contributed by atoms with Crippen molar-refractivity contribution in [3.63, 3.8) is 0 Å². The van der Waals surface area contributed by atoms with Crippen LogP contribution in [0.15, 0.2) is 73.5 Å². The third-order valence-corrected chi connectivity index (χ3v) is 6.14. The van der Waals surface area contributed by atoms with Gasteiger partial charge in [-0.15, -0.1) is 0 Å². The highest BCUT2D eigenvalue weighted by Crippen LogP contribution is 2.36. The predicted molar refractivity (Wildman–Crippen MR) is 130 cm³/mol. The number of nitrogens with zero attached hydrogens (tertiary/aromatic N) is 4. The second-order valence-electron chi connectivity index (χ2n) is 8.22. The molecule has 0 spiro atoms. The highest BCUT2D eigenvalue weighted by atomic mass is 16.1. The van der Waals surface area contributed by atoms with E-state index in [0.717, 1.165) is 53.8 Å². The van der Waals surface area contributed by atoms with E-state index in [1.807, 2.05) is 42.6 Å². The minimum absolute atomic E-state index is 0.184. The number of hydrogen-bond donors (Lipinski definition) is 2. The van der Waals surface area contributed by atoms with E-state index >= 15 is 0 Å². The highest BCUT2D eigenvalue weighted by molar-refractivity contribution is 6.04. The summed E-state index contributed by atoms with van der Waals surface area (Å²) in [6, 6.07) is 13.0. The van der Waals surface area contributed by atoms with Crippen molar-refractivity contribution in [2.75, 3.05) is 18.4 Å². The second-order valence-corrected chi connectivity index (χ2v) is 8.22. The first-order valence-corrected chi connectivity index (χ1v) is 11.2. The van der Waals surface area contributed by atoms with Gasteiger partial charge in [-0.3, -0.25) is 4.79 Å². The molecule has 2 N–H and O–H groups in total. The van der Waals surface area contributed by atoms with E-state index in [0.29, 0.717) is 17.3 Å². The van der Waals surface area contributed by atoms with Crippen LogP contribution in [0.2, 0.25) is 0 Å². The van der Waals surface area contributed by atoms with E-state index in [4.69, 9.17) is 4.98 Å². The van der Waals surface area contributed by atoms with E-state index in [1.165, 1.54) is 0 Å². The average Bonchev–Trinajstić information content (AvgIpc) is 3.30. The van der Waals surface area contributed by atoms with Gasteiger partial charge < -0.3 is 15.2 Å². The zero-order valence-corrected chi connectivity index (χ0v) is 18.5. The molecule has 0 atom stereocenters. The number of likely N-dealkylation sites (tertiary alicyclic amines) is 1. The second kappa shape index (κ2) is 9.24.